The molecule has 1 saturated heterocycles. The second kappa shape index (κ2) is 2.67. The third-order valence-electron chi connectivity index (χ3n) is 3.29. The molecule has 1 rings (SSSR count). The zero-order chi connectivity index (χ0) is 8.70. The molecule has 0 aliphatic carbocycles. The van der Waals surface area contributed by atoms with Crippen LogP contribution in [0.1, 0.15) is 20.3 Å². The van der Waals surface area contributed by atoms with Gasteiger partial charge in [-0.2, -0.15) is 0 Å². The van der Waals surface area contributed by atoms with Gasteiger partial charge in [0.1, 0.15) is 5.54 Å². The molecular formula is C9H20NS+. The van der Waals surface area contributed by atoms with Gasteiger partial charge in [-0.1, -0.05) is 6.92 Å². The van der Waals surface area contributed by atoms with Crippen LogP contribution in [0, 0.1) is 0 Å². The van der Waals surface area contributed by atoms with Gasteiger partial charge < -0.3 is 4.48 Å². The van der Waals surface area contributed by atoms with Crippen LogP contribution in [-0.2, 0) is 0 Å². The van der Waals surface area contributed by atoms with Gasteiger partial charge in [0.25, 0.3) is 0 Å². The van der Waals surface area contributed by atoms with E-state index in [-0.39, 0.29) is 0 Å². The molecule has 0 aromatic heterocycles. The first-order chi connectivity index (χ1) is 4.94. The lowest BCUT2D eigenvalue weighted by Gasteiger charge is -2.55. The third-order valence-corrected chi connectivity index (χ3v) is 4.89. The van der Waals surface area contributed by atoms with Gasteiger partial charge in [0.05, 0.1) is 32.1 Å². The molecule has 0 radical (unpaired) electrons. The Morgan fingerprint density at radius 1 is 1.45 bits per heavy atom. The average molecular weight is 174 g/mol. The molecule has 0 N–H and O–H groups in total. The molecule has 2 heteroatoms. The van der Waals surface area contributed by atoms with Crippen molar-refractivity contribution >= 4 is 11.8 Å². The van der Waals surface area contributed by atoms with E-state index in [9.17, 15) is 0 Å². The lowest BCUT2D eigenvalue weighted by molar-refractivity contribution is -0.922. The van der Waals surface area contributed by atoms with E-state index in [1.54, 1.807) is 0 Å². The van der Waals surface area contributed by atoms with Gasteiger partial charge in [-0.25, -0.2) is 0 Å². The van der Waals surface area contributed by atoms with E-state index in [2.05, 4.69) is 46.8 Å². The van der Waals surface area contributed by atoms with E-state index in [0.29, 0.717) is 5.54 Å². The Hall–Kier alpha value is 0.310. The van der Waals surface area contributed by atoms with Gasteiger partial charge in [-0.05, 0) is 6.92 Å². The van der Waals surface area contributed by atoms with Crippen LogP contribution in [0.2, 0.25) is 0 Å². The largest absolute Gasteiger partial charge is 0.324 e. The smallest absolute Gasteiger partial charge is 0.119 e. The monoisotopic (exact) mass is 174 g/mol. The maximum Gasteiger partial charge on any atom is 0.119 e. The first-order valence-corrected chi connectivity index (χ1v) is 5.42. The van der Waals surface area contributed by atoms with Crippen molar-refractivity contribution in [3.05, 3.63) is 0 Å². The zero-order valence-electron chi connectivity index (χ0n) is 8.35. The molecule has 1 nitrogen and oxygen atoms in total. The highest BCUT2D eigenvalue weighted by Gasteiger charge is 2.53. The van der Waals surface area contributed by atoms with Crippen LogP contribution in [0.15, 0.2) is 0 Å². The number of nitrogens with zero attached hydrogens (tertiary/aromatic N) is 1. The van der Waals surface area contributed by atoms with Crippen molar-refractivity contribution in [3.63, 3.8) is 0 Å². The first-order valence-electron chi connectivity index (χ1n) is 4.37. The van der Waals surface area contributed by atoms with E-state index >= 15 is 0 Å². The van der Waals surface area contributed by atoms with Crippen molar-refractivity contribution in [3.8, 4) is 0 Å². The Labute approximate surface area is 74.7 Å². The van der Waals surface area contributed by atoms with Crippen molar-refractivity contribution in [2.24, 2.45) is 0 Å². The number of thioether (sulfide) groups is 1. The summed E-state index contributed by atoms with van der Waals surface area (Å²) in [5.41, 5.74) is 0.560. The Bertz CT molecular complexity index is 146. The van der Waals surface area contributed by atoms with Crippen LogP contribution >= 0.6 is 11.8 Å². The second-order valence-corrected chi connectivity index (χ2v) is 5.75. The van der Waals surface area contributed by atoms with Crippen LogP contribution < -0.4 is 0 Å². The van der Waals surface area contributed by atoms with E-state index < -0.39 is 0 Å². The number of quaternary nitrogens is 1. The maximum atomic E-state index is 2.36. The summed E-state index contributed by atoms with van der Waals surface area (Å²) in [6.45, 7) is 4.68. The first kappa shape index (κ1) is 9.40. The molecule has 0 aromatic rings. The van der Waals surface area contributed by atoms with Crippen LogP contribution in [0.3, 0.4) is 0 Å². The molecule has 0 bridgehead atoms. The standard InChI is InChI=1S/C9H20NS/c1-6-9(10(3,4)5)7-11-8(9)2/h8H,6-7H2,1-5H3/q+1/t8-,9+/m1/s1. The summed E-state index contributed by atoms with van der Waals surface area (Å²) in [5, 5.41) is 0.840. The van der Waals surface area contributed by atoms with Crippen LogP contribution in [0.4, 0.5) is 0 Å². The van der Waals surface area contributed by atoms with Crippen LogP contribution in [0.25, 0.3) is 0 Å². The van der Waals surface area contributed by atoms with E-state index in [1.165, 1.54) is 12.2 Å². The van der Waals surface area contributed by atoms with Gasteiger partial charge in [0, 0.05) is 6.42 Å². The van der Waals surface area contributed by atoms with Crippen LogP contribution in [0.5, 0.6) is 0 Å². The Morgan fingerprint density at radius 3 is 2.00 bits per heavy atom. The molecule has 0 aromatic carbocycles. The Kier molecular flexibility index (Phi) is 2.28. The molecule has 1 aliphatic heterocycles. The minimum Gasteiger partial charge on any atom is -0.324 e. The van der Waals surface area contributed by atoms with Gasteiger partial charge in [0.15, 0.2) is 0 Å². The van der Waals surface area contributed by atoms with Crippen molar-refractivity contribution in [2.45, 2.75) is 31.1 Å². The summed E-state index contributed by atoms with van der Waals surface area (Å²) in [7, 11) is 6.96. The highest BCUT2D eigenvalue weighted by Crippen LogP contribution is 2.46. The second-order valence-electron chi connectivity index (χ2n) is 4.42. The van der Waals surface area contributed by atoms with Gasteiger partial charge in [-0.3, -0.25) is 0 Å². The topological polar surface area (TPSA) is 0 Å². The van der Waals surface area contributed by atoms with Gasteiger partial charge >= 0.3 is 0 Å². The predicted octanol–water partition coefficient (Wildman–Crippen LogP) is 1.98. The molecule has 1 fully saturated rings. The molecule has 11 heavy (non-hydrogen) atoms. The molecule has 2 atom stereocenters. The fraction of sp³-hybridized carbons (Fsp3) is 1.00. The average Bonchev–Trinajstić information content (AvgIpc) is 1.84. The molecule has 1 aliphatic rings. The molecule has 0 saturated carbocycles. The summed E-state index contributed by atoms with van der Waals surface area (Å²) in [4.78, 5) is 0. The van der Waals surface area contributed by atoms with Gasteiger partial charge in [-0.15, -0.1) is 11.8 Å². The summed E-state index contributed by atoms with van der Waals surface area (Å²) >= 11 is 2.10. The maximum absolute atomic E-state index is 2.36. The summed E-state index contributed by atoms with van der Waals surface area (Å²) in [6.07, 6.45) is 1.31. The SMILES string of the molecule is CC[C@]1([N+](C)(C)C)CS[C@@H]1C. The van der Waals surface area contributed by atoms with Crippen molar-refractivity contribution in [1.29, 1.82) is 0 Å². The minimum atomic E-state index is 0.560. The number of rotatable bonds is 2. The fourth-order valence-electron chi connectivity index (χ4n) is 2.05. The predicted molar refractivity (Wildman–Crippen MR) is 53.0 cm³/mol. The normalized spacial score (nSPS) is 38.5. The van der Waals surface area contributed by atoms with E-state index in [0.717, 1.165) is 9.73 Å². The number of hydrogen-bond donors (Lipinski definition) is 0. The number of hydrogen-bond acceptors (Lipinski definition) is 1. The molecule has 1 heterocycles. The van der Waals surface area contributed by atoms with Crippen molar-refractivity contribution in [2.75, 3.05) is 26.9 Å². The summed E-state index contributed by atoms with van der Waals surface area (Å²) < 4.78 is 1.12. The van der Waals surface area contributed by atoms with Gasteiger partial charge in [0.2, 0.25) is 0 Å². The quantitative estimate of drug-likeness (QED) is 0.577. The molecule has 0 spiro atoms. The highest BCUT2D eigenvalue weighted by molar-refractivity contribution is 8.01. The fourth-order valence-corrected chi connectivity index (χ4v) is 4.00. The van der Waals surface area contributed by atoms with E-state index in [4.69, 9.17) is 0 Å². The van der Waals surface area contributed by atoms with Crippen LogP contribution in [-0.4, -0.2) is 42.2 Å². The van der Waals surface area contributed by atoms with E-state index in [1.807, 2.05) is 0 Å². The molecular weight excluding hydrogens is 154 g/mol. The molecule has 66 valence electrons. The lowest BCUT2D eigenvalue weighted by atomic mass is 9.90. The summed E-state index contributed by atoms with van der Waals surface area (Å²) in [6, 6.07) is 0. The lowest BCUT2D eigenvalue weighted by Crippen LogP contribution is -2.68. The minimum absolute atomic E-state index is 0.560. The molecule has 0 amide bonds. The highest BCUT2D eigenvalue weighted by atomic mass is 32.2. The third kappa shape index (κ3) is 1.20. The Morgan fingerprint density at radius 2 is 2.00 bits per heavy atom. The summed E-state index contributed by atoms with van der Waals surface area (Å²) in [5.74, 6) is 1.34. The van der Waals surface area contributed by atoms with Crippen molar-refractivity contribution in [1.82, 2.24) is 0 Å². The van der Waals surface area contributed by atoms with Crippen molar-refractivity contribution < 1.29 is 4.48 Å². The molecule has 0 unspecified atom stereocenters. The zero-order valence-corrected chi connectivity index (χ0v) is 9.16. The Balaban J connectivity index is 2.77.